The summed E-state index contributed by atoms with van der Waals surface area (Å²) in [5.74, 6) is 0. The lowest BCUT2D eigenvalue weighted by Gasteiger charge is -2.28. The van der Waals surface area contributed by atoms with Gasteiger partial charge >= 0.3 is 0 Å². The van der Waals surface area contributed by atoms with Crippen LogP contribution < -0.4 is 0 Å². The molecule has 0 atom stereocenters. The zero-order chi connectivity index (χ0) is 8.27. The van der Waals surface area contributed by atoms with Crippen LogP contribution in [0.5, 0.6) is 0 Å². The van der Waals surface area contributed by atoms with Crippen molar-refractivity contribution in [3.63, 3.8) is 0 Å². The van der Waals surface area contributed by atoms with Crippen LogP contribution in [-0.4, -0.2) is 31.2 Å². The number of hydrogen-bond donors (Lipinski definition) is 0. The van der Waals surface area contributed by atoms with E-state index in [-0.39, 0.29) is 0 Å². The maximum absolute atomic E-state index is 6.04. The summed E-state index contributed by atoms with van der Waals surface area (Å²) in [5.41, 5.74) is 1.17. The third-order valence-corrected chi connectivity index (χ3v) is 2.32. The SMILES string of the molecule is CC(C)=C(Cl)N1CCOCC1. The number of rotatable bonds is 1. The van der Waals surface area contributed by atoms with Gasteiger partial charge in [0, 0.05) is 13.1 Å². The second-order valence-corrected chi connectivity index (χ2v) is 3.25. The Kier molecular flexibility index (Phi) is 3.21. The van der Waals surface area contributed by atoms with Crippen LogP contribution in [0.4, 0.5) is 0 Å². The molecule has 1 rings (SSSR count). The van der Waals surface area contributed by atoms with Crippen LogP contribution in [0.2, 0.25) is 0 Å². The van der Waals surface area contributed by atoms with E-state index in [1.807, 2.05) is 13.8 Å². The Bertz CT molecular complexity index is 157. The van der Waals surface area contributed by atoms with Crippen LogP contribution in [-0.2, 0) is 4.74 Å². The molecule has 0 saturated carbocycles. The van der Waals surface area contributed by atoms with Crippen LogP contribution in [0.1, 0.15) is 13.8 Å². The van der Waals surface area contributed by atoms with Gasteiger partial charge in [-0.05, 0) is 19.4 Å². The predicted molar refractivity (Wildman–Crippen MR) is 46.6 cm³/mol. The Morgan fingerprint density at radius 3 is 2.27 bits per heavy atom. The summed E-state index contributed by atoms with van der Waals surface area (Å²) in [4.78, 5) is 2.15. The van der Waals surface area contributed by atoms with Gasteiger partial charge in [-0.25, -0.2) is 0 Å². The Labute approximate surface area is 72.8 Å². The van der Waals surface area contributed by atoms with E-state index in [2.05, 4.69) is 4.90 Å². The standard InChI is InChI=1S/C8H14ClNO/c1-7(2)8(9)10-3-5-11-6-4-10/h3-6H2,1-2H3. The van der Waals surface area contributed by atoms with E-state index in [1.165, 1.54) is 5.57 Å². The molecular formula is C8H14ClNO. The number of morpholine rings is 1. The van der Waals surface area contributed by atoms with Crippen molar-refractivity contribution in [1.82, 2.24) is 4.90 Å². The molecule has 0 bridgehead atoms. The summed E-state index contributed by atoms with van der Waals surface area (Å²) in [7, 11) is 0. The third-order valence-electron chi connectivity index (χ3n) is 1.70. The lowest BCUT2D eigenvalue weighted by molar-refractivity contribution is 0.0568. The molecule has 11 heavy (non-hydrogen) atoms. The fourth-order valence-electron chi connectivity index (χ4n) is 1.08. The van der Waals surface area contributed by atoms with Gasteiger partial charge < -0.3 is 9.64 Å². The minimum Gasteiger partial charge on any atom is -0.378 e. The van der Waals surface area contributed by atoms with E-state index in [0.717, 1.165) is 31.5 Å². The molecule has 0 amide bonds. The number of allylic oxidation sites excluding steroid dienone is 1. The average Bonchev–Trinajstić information content (AvgIpc) is 2.05. The first kappa shape index (κ1) is 8.88. The first-order valence-electron chi connectivity index (χ1n) is 3.87. The fourth-order valence-corrected chi connectivity index (χ4v) is 1.24. The molecule has 1 aliphatic heterocycles. The van der Waals surface area contributed by atoms with Crippen molar-refractivity contribution < 1.29 is 4.74 Å². The van der Waals surface area contributed by atoms with Gasteiger partial charge in [0.05, 0.1) is 13.2 Å². The van der Waals surface area contributed by atoms with Crippen LogP contribution in [0.25, 0.3) is 0 Å². The molecular weight excluding hydrogens is 162 g/mol. The van der Waals surface area contributed by atoms with Gasteiger partial charge in [0.2, 0.25) is 0 Å². The molecule has 1 fully saturated rings. The summed E-state index contributed by atoms with van der Waals surface area (Å²) >= 11 is 6.04. The quantitative estimate of drug-likeness (QED) is 0.564. The highest BCUT2D eigenvalue weighted by molar-refractivity contribution is 6.29. The lowest BCUT2D eigenvalue weighted by atomic mass is 10.3. The third kappa shape index (κ3) is 2.38. The Morgan fingerprint density at radius 1 is 1.27 bits per heavy atom. The van der Waals surface area contributed by atoms with Gasteiger partial charge in [0.1, 0.15) is 5.16 Å². The van der Waals surface area contributed by atoms with Gasteiger partial charge in [-0.15, -0.1) is 0 Å². The topological polar surface area (TPSA) is 12.5 Å². The van der Waals surface area contributed by atoms with E-state index in [4.69, 9.17) is 16.3 Å². The molecule has 1 aliphatic rings. The van der Waals surface area contributed by atoms with Crippen molar-refractivity contribution in [1.29, 1.82) is 0 Å². The van der Waals surface area contributed by atoms with Crippen molar-refractivity contribution in [2.24, 2.45) is 0 Å². The summed E-state index contributed by atoms with van der Waals surface area (Å²) in [6, 6.07) is 0. The number of nitrogens with zero attached hydrogens (tertiary/aromatic N) is 1. The van der Waals surface area contributed by atoms with Gasteiger partial charge in [0.15, 0.2) is 0 Å². The van der Waals surface area contributed by atoms with E-state index in [0.29, 0.717) is 0 Å². The van der Waals surface area contributed by atoms with Crippen molar-refractivity contribution in [3.8, 4) is 0 Å². The van der Waals surface area contributed by atoms with E-state index in [9.17, 15) is 0 Å². The molecule has 0 radical (unpaired) electrons. The van der Waals surface area contributed by atoms with E-state index < -0.39 is 0 Å². The highest BCUT2D eigenvalue weighted by atomic mass is 35.5. The second-order valence-electron chi connectivity index (χ2n) is 2.89. The summed E-state index contributed by atoms with van der Waals surface area (Å²) in [6.45, 7) is 7.48. The zero-order valence-electron chi connectivity index (χ0n) is 7.06. The molecule has 0 spiro atoms. The van der Waals surface area contributed by atoms with Gasteiger partial charge in [-0.1, -0.05) is 11.6 Å². The van der Waals surface area contributed by atoms with Crippen molar-refractivity contribution in [2.45, 2.75) is 13.8 Å². The molecule has 1 saturated heterocycles. The Balaban J connectivity index is 2.52. The molecule has 0 aliphatic carbocycles. The van der Waals surface area contributed by atoms with Crippen molar-refractivity contribution in [2.75, 3.05) is 26.3 Å². The minimum absolute atomic E-state index is 0.795. The molecule has 64 valence electrons. The number of hydrogen-bond acceptors (Lipinski definition) is 2. The monoisotopic (exact) mass is 175 g/mol. The molecule has 0 N–H and O–H groups in total. The maximum atomic E-state index is 6.04. The van der Waals surface area contributed by atoms with Gasteiger partial charge in [0.25, 0.3) is 0 Å². The smallest absolute Gasteiger partial charge is 0.103 e. The highest BCUT2D eigenvalue weighted by Gasteiger charge is 2.12. The normalized spacial score (nSPS) is 18.3. The van der Waals surface area contributed by atoms with Crippen LogP contribution >= 0.6 is 11.6 Å². The predicted octanol–water partition coefficient (Wildman–Crippen LogP) is 1.81. The van der Waals surface area contributed by atoms with E-state index in [1.54, 1.807) is 0 Å². The molecule has 3 heteroatoms. The molecule has 1 heterocycles. The van der Waals surface area contributed by atoms with Crippen molar-refractivity contribution >= 4 is 11.6 Å². The second kappa shape index (κ2) is 3.98. The fraction of sp³-hybridized carbons (Fsp3) is 0.750. The summed E-state index contributed by atoms with van der Waals surface area (Å²) in [6.07, 6.45) is 0. The molecule has 0 aromatic carbocycles. The first-order chi connectivity index (χ1) is 5.22. The summed E-state index contributed by atoms with van der Waals surface area (Å²) in [5, 5.41) is 0.883. The van der Waals surface area contributed by atoms with Crippen LogP contribution in [0, 0.1) is 0 Å². The highest BCUT2D eigenvalue weighted by Crippen LogP contribution is 2.15. The molecule has 0 aromatic heterocycles. The van der Waals surface area contributed by atoms with Gasteiger partial charge in [-0.3, -0.25) is 0 Å². The largest absolute Gasteiger partial charge is 0.378 e. The van der Waals surface area contributed by atoms with Crippen LogP contribution in [0.15, 0.2) is 10.7 Å². The molecule has 0 unspecified atom stereocenters. The molecule has 2 nitrogen and oxygen atoms in total. The summed E-state index contributed by atoms with van der Waals surface area (Å²) < 4.78 is 5.21. The number of ether oxygens (including phenoxy) is 1. The Hall–Kier alpha value is -0.210. The van der Waals surface area contributed by atoms with Gasteiger partial charge in [-0.2, -0.15) is 0 Å². The van der Waals surface area contributed by atoms with Crippen LogP contribution in [0.3, 0.4) is 0 Å². The first-order valence-corrected chi connectivity index (χ1v) is 4.25. The molecule has 0 aromatic rings. The maximum Gasteiger partial charge on any atom is 0.103 e. The number of halogens is 1. The average molecular weight is 176 g/mol. The zero-order valence-corrected chi connectivity index (χ0v) is 7.82. The minimum atomic E-state index is 0.795. The Morgan fingerprint density at radius 2 is 1.82 bits per heavy atom. The lowest BCUT2D eigenvalue weighted by Crippen LogP contribution is -2.34. The van der Waals surface area contributed by atoms with Crippen molar-refractivity contribution in [3.05, 3.63) is 10.7 Å². The van der Waals surface area contributed by atoms with E-state index >= 15 is 0 Å².